The van der Waals surface area contributed by atoms with Crippen LogP contribution in [-0.4, -0.2) is 15.2 Å². The van der Waals surface area contributed by atoms with Gasteiger partial charge >= 0.3 is 0 Å². The molecular weight excluding hydrogens is 268 g/mol. The van der Waals surface area contributed by atoms with Gasteiger partial charge in [0, 0.05) is 4.47 Å². The van der Waals surface area contributed by atoms with Gasteiger partial charge in [-0.2, -0.15) is 4.98 Å². The first-order chi connectivity index (χ1) is 7.72. The van der Waals surface area contributed by atoms with E-state index in [0.717, 1.165) is 23.1 Å². The van der Waals surface area contributed by atoms with Crippen molar-refractivity contribution in [1.82, 2.24) is 15.2 Å². The minimum atomic E-state index is -0.00921. The molecule has 1 fully saturated rings. The Labute approximate surface area is 101 Å². The Hall–Kier alpha value is -1.36. The summed E-state index contributed by atoms with van der Waals surface area (Å²) in [6.07, 6.45) is 2.18. The third-order valence-electron chi connectivity index (χ3n) is 3.10. The molecule has 1 aromatic heterocycles. The van der Waals surface area contributed by atoms with Gasteiger partial charge in [0.25, 0.3) is 0 Å². The van der Waals surface area contributed by atoms with E-state index in [2.05, 4.69) is 43.2 Å². The Morgan fingerprint density at radius 2 is 2.06 bits per heavy atom. The third-order valence-corrected chi connectivity index (χ3v) is 3.79. The van der Waals surface area contributed by atoms with Gasteiger partial charge in [0.1, 0.15) is 5.82 Å². The van der Waals surface area contributed by atoms with Crippen molar-refractivity contribution in [1.29, 1.82) is 0 Å². The summed E-state index contributed by atoms with van der Waals surface area (Å²) in [6, 6.07) is 8.23. The molecule has 82 valence electrons. The first-order valence-corrected chi connectivity index (χ1v) is 5.95. The van der Waals surface area contributed by atoms with Crippen molar-refractivity contribution >= 4 is 21.9 Å². The summed E-state index contributed by atoms with van der Waals surface area (Å²) >= 11 is 3.58. The van der Waals surface area contributed by atoms with Crippen LogP contribution in [0.3, 0.4) is 0 Å². The minimum Gasteiger partial charge on any atom is -0.367 e. The maximum absolute atomic E-state index is 5.55. The zero-order valence-corrected chi connectivity index (χ0v) is 10.2. The number of benzene rings is 1. The van der Waals surface area contributed by atoms with Crippen molar-refractivity contribution in [2.24, 2.45) is 0 Å². The lowest BCUT2D eigenvalue weighted by molar-refractivity contribution is 0.757. The fraction of sp³-hybridized carbons (Fsp3) is 0.273. The summed E-state index contributed by atoms with van der Waals surface area (Å²) in [7, 11) is 0. The predicted molar refractivity (Wildman–Crippen MR) is 65.0 cm³/mol. The summed E-state index contributed by atoms with van der Waals surface area (Å²) in [6.45, 7) is 0. The average Bonchev–Trinajstić information content (AvgIpc) is 2.96. The largest absolute Gasteiger partial charge is 0.367 e. The Balaban J connectivity index is 2.10. The summed E-state index contributed by atoms with van der Waals surface area (Å²) < 4.78 is 1.11. The number of hydrogen-bond acceptors (Lipinski definition) is 3. The van der Waals surface area contributed by atoms with E-state index in [1.54, 1.807) is 0 Å². The molecule has 1 aliphatic carbocycles. The van der Waals surface area contributed by atoms with Crippen molar-refractivity contribution in [2.45, 2.75) is 18.3 Å². The molecule has 5 heteroatoms. The lowest BCUT2D eigenvalue weighted by Crippen LogP contribution is -2.11. The van der Waals surface area contributed by atoms with E-state index in [9.17, 15) is 0 Å². The van der Waals surface area contributed by atoms with Crippen molar-refractivity contribution in [2.75, 3.05) is 5.73 Å². The first-order valence-electron chi connectivity index (χ1n) is 5.16. The van der Waals surface area contributed by atoms with Crippen LogP contribution in [0.25, 0.3) is 0 Å². The highest BCUT2D eigenvalue weighted by Gasteiger charge is 2.49. The van der Waals surface area contributed by atoms with Crippen LogP contribution in [0.5, 0.6) is 0 Å². The highest BCUT2D eigenvalue weighted by Crippen LogP contribution is 2.53. The number of halogens is 1. The van der Waals surface area contributed by atoms with Crippen LogP contribution in [-0.2, 0) is 5.41 Å². The van der Waals surface area contributed by atoms with Crippen molar-refractivity contribution < 1.29 is 0 Å². The van der Waals surface area contributed by atoms with Crippen LogP contribution >= 0.6 is 15.9 Å². The molecule has 16 heavy (non-hydrogen) atoms. The highest BCUT2D eigenvalue weighted by atomic mass is 79.9. The number of aromatic nitrogens is 3. The molecule has 0 saturated heterocycles. The number of nitrogens with two attached hydrogens (primary N) is 1. The molecule has 1 aliphatic rings. The van der Waals surface area contributed by atoms with E-state index >= 15 is 0 Å². The molecule has 0 bridgehead atoms. The van der Waals surface area contributed by atoms with Gasteiger partial charge in [0.05, 0.1) is 5.41 Å². The number of aromatic amines is 1. The lowest BCUT2D eigenvalue weighted by Gasteiger charge is -2.13. The number of anilines is 1. The Morgan fingerprint density at radius 1 is 1.31 bits per heavy atom. The summed E-state index contributed by atoms with van der Waals surface area (Å²) in [4.78, 5) is 4.25. The summed E-state index contributed by atoms with van der Waals surface area (Å²) in [5, 5.41) is 6.83. The van der Waals surface area contributed by atoms with Crippen LogP contribution in [0.4, 0.5) is 5.95 Å². The Kier molecular flexibility index (Phi) is 2.04. The van der Waals surface area contributed by atoms with Crippen molar-refractivity contribution in [3.05, 3.63) is 40.1 Å². The molecular formula is C11H11BrN4. The van der Waals surface area contributed by atoms with E-state index in [1.165, 1.54) is 5.56 Å². The number of rotatable bonds is 2. The number of nitrogen functional groups attached to an aromatic ring is 1. The maximum atomic E-state index is 5.55. The van der Waals surface area contributed by atoms with Crippen LogP contribution in [0.15, 0.2) is 28.7 Å². The number of H-pyrrole nitrogens is 1. The van der Waals surface area contributed by atoms with Crippen LogP contribution in [0.2, 0.25) is 0 Å². The molecule has 0 atom stereocenters. The van der Waals surface area contributed by atoms with Gasteiger partial charge in [0.2, 0.25) is 5.95 Å². The number of nitrogens with one attached hydrogen (secondary N) is 1. The van der Waals surface area contributed by atoms with Crippen LogP contribution in [0.1, 0.15) is 24.2 Å². The van der Waals surface area contributed by atoms with E-state index in [-0.39, 0.29) is 5.41 Å². The molecule has 3 rings (SSSR count). The molecule has 1 aromatic carbocycles. The van der Waals surface area contributed by atoms with Gasteiger partial charge in [-0.05, 0) is 24.5 Å². The second-order valence-electron chi connectivity index (χ2n) is 4.10. The second kappa shape index (κ2) is 3.31. The monoisotopic (exact) mass is 278 g/mol. The van der Waals surface area contributed by atoms with Gasteiger partial charge in [0.15, 0.2) is 0 Å². The van der Waals surface area contributed by atoms with E-state index in [4.69, 9.17) is 5.73 Å². The molecule has 0 amide bonds. The minimum absolute atomic E-state index is 0.00921. The van der Waals surface area contributed by atoms with Gasteiger partial charge in [-0.15, -0.1) is 5.10 Å². The zero-order chi connectivity index (χ0) is 11.2. The topological polar surface area (TPSA) is 67.6 Å². The van der Waals surface area contributed by atoms with Gasteiger partial charge in [-0.25, -0.2) is 0 Å². The zero-order valence-electron chi connectivity index (χ0n) is 8.57. The Bertz CT molecular complexity index is 530. The molecule has 0 aliphatic heterocycles. The van der Waals surface area contributed by atoms with Gasteiger partial charge in [-0.1, -0.05) is 34.1 Å². The molecule has 0 radical (unpaired) electrons. The maximum Gasteiger partial charge on any atom is 0.239 e. The molecule has 3 N–H and O–H groups in total. The first kappa shape index (κ1) is 9.84. The van der Waals surface area contributed by atoms with Gasteiger partial charge < -0.3 is 5.73 Å². The molecule has 1 saturated carbocycles. The average molecular weight is 279 g/mol. The van der Waals surface area contributed by atoms with E-state index in [0.29, 0.717) is 5.95 Å². The fourth-order valence-corrected chi connectivity index (χ4v) is 2.76. The molecule has 0 spiro atoms. The Morgan fingerprint density at radius 3 is 2.62 bits per heavy atom. The summed E-state index contributed by atoms with van der Waals surface area (Å²) in [5.41, 5.74) is 6.80. The lowest BCUT2D eigenvalue weighted by atomic mass is 9.95. The quantitative estimate of drug-likeness (QED) is 0.885. The van der Waals surface area contributed by atoms with Gasteiger partial charge in [-0.3, -0.25) is 5.10 Å². The van der Waals surface area contributed by atoms with E-state index in [1.807, 2.05) is 12.1 Å². The molecule has 1 heterocycles. The fourth-order valence-electron chi connectivity index (χ4n) is 2.10. The van der Waals surface area contributed by atoms with Crippen LogP contribution < -0.4 is 5.73 Å². The third kappa shape index (κ3) is 1.35. The molecule has 4 nitrogen and oxygen atoms in total. The number of hydrogen-bond donors (Lipinski definition) is 2. The predicted octanol–water partition coefficient (Wildman–Crippen LogP) is 2.23. The van der Waals surface area contributed by atoms with Crippen molar-refractivity contribution in [3.63, 3.8) is 0 Å². The second-order valence-corrected chi connectivity index (χ2v) is 4.96. The smallest absolute Gasteiger partial charge is 0.239 e. The number of nitrogens with zero attached hydrogens (tertiary/aromatic N) is 2. The standard InChI is InChI=1S/C11H11BrN4/c12-8-4-2-1-3-7(8)11(5-6-11)9-14-10(13)16-15-9/h1-4H,5-6H2,(H3,13,14,15,16). The SMILES string of the molecule is Nc1n[nH]c(C2(c3ccccc3Br)CC2)n1. The highest BCUT2D eigenvalue weighted by molar-refractivity contribution is 9.10. The molecule has 2 aromatic rings. The van der Waals surface area contributed by atoms with E-state index < -0.39 is 0 Å². The van der Waals surface area contributed by atoms with Crippen LogP contribution in [0, 0.1) is 0 Å². The van der Waals surface area contributed by atoms with Crippen molar-refractivity contribution in [3.8, 4) is 0 Å². The summed E-state index contributed by atoms with van der Waals surface area (Å²) in [5.74, 6) is 1.19. The normalized spacial score (nSPS) is 17.3. The molecule has 0 unspecified atom stereocenters.